The molecular weight excluding hydrogens is 300 g/mol. The number of benzene rings is 1. The third kappa shape index (κ3) is 8.76. The smallest absolute Gasteiger partial charge is 0.330 e. The second-order valence-electron chi connectivity index (χ2n) is 6.15. The summed E-state index contributed by atoms with van der Waals surface area (Å²) in [5, 5.41) is 0. The van der Waals surface area contributed by atoms with Gasteiger partial charge in [0.2, 0.25) is 0 Å². The zero-order valence-electron chi connectivity index (χ0n) is 15.4. The van der Waals surface area contributed by atoms with Crippen molar-refractivity contribution < 1.29 is 14.3 Å². The maximum Gasteiger partial charge on any atom is 0.330 e. The number of carbonyl (C=O) groups is 1. The Morgan fingerprint density at radius 2 is 1.79 bits per heavy atom. The monoisotopic (exact) mass is 332 g/mol. The number of hydrogen-bond acceptors (Lipinski definition) is 3. The van der Waals surface area contributed by atoms with Crippen molar-refractivity contribution in [1.82, 2.24) is 0 Å². The van der Waals surface area contributed by atoms with Crippen molar-refractivity contribution in [2.45, 2.75) is 59.3 Å². The van der Waals surface area contributed by atoms with E-state index >= 15 is 0 Å². The third-order valence-electron chi connectivity index (χ3n) is 4.06. The summed E-state index contributed by atoms with van der Waals surface area (Å²) in [7, 11) is 0. The van der Waals surface area contributed by atoms with E-state index in [1.165, 1.54) is 18.9 Å². The van der Waals surface area contributed by atoms with Crippen LogP contribution in [0.25, 0.3) is 6.08 Å². The summed E-state index contributed by atoms with van der Waals surface area (Å²) in [6.07, 6.45) is 10.0. The molecule has 0 radical (unpaired) electrons. The van der Waals surface area contributed by atoms with Gasteiger partial charge in [0.1, 0.15) is 5.75 Å². The number of unbranched alkanes of at least 4 members (excludes halogenated alkanes) is 2. The molecule has 134 valence electrons. The molecule has 0 fully saturated rings. The van der Waals surface area contributed by atoms with Crippen molar-refractivity contribution in [3.8, 4) is 5.75 Å². The van der Waals surface area contributed by atoms with E-state index in [1.807, 2.05) is 24.3 Å². The Labute approximate surface area is 147 Å². The van der Waals surface area contributed by atoms with Crippen LogP contribution in [0.15, 0.2) is 30.3 Å². The van der Waals surface area contributed by atoms with Gasteiger partial charge < -0.3 is 9.47 Å². The summed E-state index contributed by atoms with van der Waals surface area (Å²) < 4.78 is 11.0. The molecule has 1 aromatic rings. The van der Waals surface area contributed by atoms with Gasteiger partial charge in [-0.15, -0.1) is 0 Å². The molecule has 0 aliphatic rings. The fraction of sp³-hybridized carbons (Fsp3) is 0.571. The van der Waals surface area contributed by atoms with Gasteiger partial charge in [-0.25, -0.2) is 4.79 Å². The Morgan fingerprint density at radius 1 is 1.08 bits per heavy atom. The van der Waals surface area contributed by atoms with Crippen LogP contribution in [0, 0.1) is 5.92 Å². The maximum atomic E-state index is 11.8. The quantitative estimate of drug-likeness (QED) is 0.282. The van der Waals surface area contributed by atoms with E-state index in [1.54, 1.807) is 6.08 Å². The highest BCUT2D eigenvalue weighted by Gasteiger charge is 2.08. The van der Waals surface area contributed by atoms with Gasteiger partial charge in [0, 0.05) is 6.08 Å². The zero-order valence-corrected chi connectivity index (χ0v) is 15.4. The lowest BCUT2D eigenvalue weighted by Gasteiger charge is -2.13. The molecular formula is C21H32O3. The van der Waals surface area contributed by atoms with E-state index in [0.717, 1.165) is 43.6 Å². The molecule has 3 nitrogen and oxygen atoms in total. The largest absolute Gasteiger partial charge is 0.494 e. The fourth-order valence-corrected chi connectivity index (χ4v) is 2.32. The van der Waals surface area contributed by atoms with Gasteiger partial charge in [-0.1, -0.05) is 58.6 Å². The first kappa shape index (κ1) is 20.3. The molecule has 3 heteroatoms. The molecule has 0 bridgehead atoms. The van der Waals surface area contributed by atoms with Crippen molar-refractivity contribution in [2.24, 2.45) is 5.92 Å². The van der Waals surface area contributed by atoms with E-state index in [0.29, 0.717) is 12.5 Å². The van der Waals surface area contributed by atoms with Gasteiger partial charge in [0.15, 0.2) is 0 Å². The zero-order chi connectivity index (χ0) is 17.6. The summed E-state index contributed by atoms with van der Waals surface area (Å²) >= 11 is 0. The standard InChI is InChI=1S/C21H32O3/c1-4-7-9-18(6-3)17-24-21(22)15-12-19-10-13-20(14-11-19)23-16-8-5-2/h10-15,18H,4-9,16-17H2,1-3H3/b15-12+/t18-/m1/s1. The third-order valence-corrected chi connectivity index (χ3v) is 4.06. The molecule has 0 heterocycles. The Bertz CT molecular complexity index is 476. The highest BCUT2D eigenvalue weighted by molar-refractivity contribution is 5.87. The van der Waals surface area contributed by atoms with Crippen molar-refractivity contribution in [2.75, 3.05) is 13.2 Å². The van der Waals surface area contributed by atoms with Crippen LogP contribution < -0.4 is 4.74 Å². The maximum absolute atomic E-state index is 11.8. The van der Waals surface area contributed by atoms with Gasteiger partial charge >= 0.3 is 5.97 Å². The first-order valence-electron chi connectivity index (χ1n) is 9.27. The second kappa shape index (κ2) is 12.6. The predicted molar refractivity (Wildman–Crippen MR) is 100 cm³/mol. The summed E-state index contributed by atoms with van der Waals surface area (Å²) in [6, 6.07) is 7.75. The normalized spacial score (nSPS) is 12.3. The van der Waals surface area contributed by atoms with Crippen molar-refractivity contribution in [1.29, 1.82) is 0 Å². The number of esters is 1. The van der Waals surface area contributed by atoms with E-state index in [4.69, 9.17) is 9.47 Å². The average Bonchev–Trinajstić information content (AvgIpc) is 2.61. The first-order valence-corrected chi connectivity index (χ1v) is 9.27. The van der Waals surface area contributed by atoms with Crippen LogP contribution in [0.3, 0.4) is 0 Å². The molecule has 0 aliphatic carbocycles. The van der Waals surface area contributed by atoms with Gasteiger partial charge in [0.05, 0.1) is 13.2 Å². The molecule has 0 aliphatic heterocycles. The molecule has 0 saturated carbocycles. The number of hydrogen-bond donors (Lipinski definition) is 0. The van der Waals surface area contributed by atoms with Crippen LogP contribution in [-0.2, 0) is 9.53 Å². The number of rotatable bonds is 12. The first-order chi connectivity index (χ1) is 11.7. The minimum atomic E-state index is -0.270. The lowest BCUT2D eigenvalue weighted by molar-refractivity contribution is -0.139. The summed E-state index contributed by atoms with van der Waals surface area (Å²) in [6.45, 7) is 7.73. The van der Waals surface area contributed by atoms with Gasteiger partial charge in [-0.05, 0) is 42.5 Å². The van der Waals surface area contributed by atoms with E-state index in [2.05, 4.69) is 20.8 Å². The summed E-state index contributed by atoms with van der Waals surface area (Å²) in [4.78, 5) is 11.8. The second-order valence-corrected chi connectivity index (χ2v) is 6.15. The van der Waals surface area contributed by atoms with Crippen LogP contribution in [0.4, 0.5) is 0 Å². The van der Waals surface area contributed by atoms with Crippen LogP contribution in [-0.4, -0.2) is 19.2 Å². The highest BCUT2D eigenvalue weighted by atomic mass is 16.5. The molecule has 0 spiro atoms. The molecule has 0 saturated heterocycles. The van der Waals surface area contributed by atoms with Gasteiger partial charge in [-0.2, -0.15) is 0 Å². The molecule has 0 amide bonds. The van der Waals surface area contributed by atoms with Gasteiger partial charge in [-0.3, -0.25) is 0 Å². The highest BCUT2D eigenvalue weighted by Crippen LogP contribution is 2.15. The van der Waals surface area contributed by atoms with E-state index < -0.39 is 0 Å². The van der Waals surface area contributed by atoms with Gasteiger partial charge in [0.25, 0.3) is 0 Å². The molecule has 0 unspecified atom stereocenters. The lowest BCUT2D eigenvalue weighted by atomic mass is 10.0. The van der Waals surface area contributed by atoms with Crippen LogP contribution in [0.2, 0.25) is 0 Å². The SMILES string of the molecule is CCCCOc1ccc(/C=C/C(=O)OC[C@H](CC)CCCC)cc1. The van der Waals surface area contributed by atoms with Crippen molar-refractivity contribution in [3.05, 3.63) is 35.9 Å². The molecule has 24 heavy (non-hydrogen) atoms. The van der Waals surface area contributed by atoms with E-state index in [-0.39, 0.29) is 5.97 Å². The van der Waals surface area contributed by atoms with Crippen molar-refractivity contribution in [3.63, 3.8) is 0 Å². The minimum Gasteiger partial charge on any atom is -0.494 e. The predicted octanol–water partition coefficient (Wildman–Crippen LogP) is 5.64. The molecule has 1 atom stereocenters. The Morgan fingerprint density at radius 3 is 2.42 bits per heavy atom. The lowest BCUT2D eigenvalue weighted by Crippen LogP contribution is -2.12. The summed E-state index contributed by atoms with van der Waals surface area (Å²) in [5.74, 6) is 1.07. The average molecular weight is 332 g/mol. The molecule has 1 aromatic carbocycles. The number of ether oxygens (including phenoxy) is 2. The summed E-state index contributed by atoms with van der Waals surface area (Å²) in [5.41, 5.74) is 0.966. The van der Waals surface area contributed by atoms with Crippen LogP contribution >= 0.6 is 0 Å². The Balaban J connectivity index is 2.37. The topological polar surface area (TPSA) is 35.5 Å². The van der Waals surface area contributed by atoms with Crippen LogP contribution in [0.5, 0.6) is 5.75 Å². The minimum absolute atomic E-state index is 0.270. The fourth-order valence-electron chi connectivity index (χ4n) is 2.32. The van der Waals surface area contributed by atoms with Crippen molar-refractivity contribution >= 4 is 12.0 Å². The molecule has 0 N–H and O–H groups in total. The Hall–Kier alpha value is -1.77. The Kier molecular flexibility index (Phi) is 10.7. The number of carbonyl (C=O) groups excluding carboxylic acids is 1. The van der Waals surface area contributed by atoms with E-state index in [9.17, 15) is 4.79 Å². The molecule has 1 rings (SSSR count). The molecule has 0 aromatic heterocycles. The van der Waals surface area contributed by atoms with Crippen LogP contribution in [0.1, 0.15) is 64.9 Å².